The van der Waals surface area contributed by atoms with Crippen LogP contribution >= 0.6 is 19.7 Å². The Bertz CT molecular complexity index is 1710. The third kappa shape index (κ3) is 4.46. The van der Waals surface area contributed by atoms with Crippen LogP contribution in [-0.2, 0) is 5.92 Å². The lowest BCUT2D eigenvalue weighted by Gasteiger charge is -2.27. The summed E-state index contributed by atoms with van der Waals surface area (Å²) in [6.07, 6.45) is 1.63. The van der Waals surface area contributed by atoms with E-state index in [2.05, 4.69) is 27.8 Å². The predicted molar refractivity (Wildman–Crippen MR) is 155 cm³/mol. The highest BCUT2D eigenvalue weighted by atomic mass is 32.1. The van der Waals surface area contributed by atoms with Crippen LogP contribution in [0, 0.1) is 0 Å². The molecule has 0 spiro atoms. The van der Waals surface area contributed by atoms with Crippen molar-refractivity contribution in [3.05, 3.63) is 139 Å². The number of thiol groups is 1. The molecular weight excluding hydrogens is 531 g/mol. The van der Waals surface area contributed by atoms with Crippen LogP contribution in [-0.4, -0.2) is 19.9 Å². The zero-order valence-electron chi connectivity index (χ0n) is 20.5. The first-order valence-corrected chi connectivity index (χ1v) is 14.4. The average Bonchev–Trinajstić information content (AvgIpc) is 3.37. The summed E-state index contributed by atoms with van der Waals surface area (Å²) in [5, 5.41) is 11.1. The molecule has 39 heavy (non-hydrogen) atoms. The first kappa shape index (κ1) is 25.2. The number of benzene rings is 4. The van der Waals surface area contributed by atoms with Gasteiger partial charge in [-0.1, -0.05) is 103 Å². The smallest absolute Gasteiger partial charge is 0.256 e. The van der Waals surface area contributed by atoms with Crippen molar-refractivity contribution in [2.45, 2.75) is 11.1 Å². The van der Waals surface area contributed by atoms with Gasteiger partial charge >= 0.3 is 5.92 Å². The lowest BCUT2D eigenvalue weighted by Crippen LogP contribution is -2.27. The van der Waals surface area contributed by atoms with E-state index in [-0.39, 0.29) is 10.7 Å². The molecule has 4 aromatic carbocycles. The number of pyridine rings is 1. The molecule has 0 atom stereocenters. The third-order valence-electron chi connectivity index (χ3n) is 6.48. The summed E-state index contributed by atoms with van der Waals surface area (Å²) >= 11 is 4.44. The van der Waals surface area contributed by atoms with E-state index < -0.39 is 18.8 Å². The van der Waals surface area contributed by atoms with Crippen LogP contribution in [0.3, 0.4) is 0 Å². The van der Waals surface area contributed by atoms with Crippen molar-refractivity contribution in [3.8, 4) is 0 Å². The molecule has 9 heteroatoms. The van der Waals surface area contributed by atoms with Crippen LogP contribution in [0.5, 0.6) is 0 Å². The van der Waals surface area contributed by atoms with E-state index in [1.165, 1.54) is 12.1 Å². The highest BCUT2D eigenvalue weighted by Gasteiger charge is 2.42. The molecule has 0 saturated heterocycles. The first-order valence-electron chi connectivity index (χ1n) is 12.2. The van der Waals surface area contributed by atoms with Crippen molar-refractivity contribution < 1.29 is 8.78 Å². The Morgan fingerprint density at radius 3 is 1.82 bits per heavy atom. The van der Waals surface area contributed by atoms with E-state index in [4.69, 9.17) is 4.85 Å². The summed E-state index contributed by atoms with van der Waals surface area (Å²) < 4.78 is 33.6. The fourth-order valence-corrected chi connectivity index (χ4v) is 8.32. The van der Waals surface area contributed by atoms with Crippen LogP contribution in [0.1, 0.15) is 11.4 Å². The fraction of sp³-hybridized carbons (Fsp3) is 0.0333. The van der Waals surface area contributed by atoms with Crippen molar-refractivity contribution >= 4 is 46.5 Å². The lowest BCUT2D eigenvalue weighted by molar-refractivity contribution is 0.0291. The maximum atomic E-state index is 16.2. The molecule has 0 aliphatic heterocycles. The van der Waals surface area contributed by atoms with Gasteiger partial charge in [0.2, 0.25) is 11.0 Å². The zero-order chi connectivity index (χ0) is 26.9. The molecule has 5 nitrogen and oxygen atoms in total. The normalized spacial score (nSPS) is 12.0. The number of nitrogens with zero attached hydrogens (tertiary/aromatic N) is 5. The molecule has 6 rings (SSSR count). The monoisotopic (exact) mass is 553 g/mol. The number of hydrogen-bond donors (Lipinski definition) is 1. The van der Waals surface area contributed by atoms with Gasteiger partial charge in [0.1, 0.15) is 0 Å². The van der Waals surface area contributed by atoms with Crippen molar-refractivity contribution in [1.29, 1.82) is 0 Å². The van der Waals surface area contributed by atoms with Crippen LogP contribution in [0.15, 0.2) is 138 Å². The molecule has 192 valence electrons. The van der Waals surface area contributed by atoms with E-state index in [1.54, 1.807) is 24.4 Å². The van der Waals surface area contributed by atoms with Crippen molar-refractivity contribution in [1.82, 2.24) is 19.9 Å². The maximum absolute atomic E-state index is 16.2. The summed E-state index contributed by atoms with van der Waals surface area (Å²) in [7, 11) is -2.88. The molecule has 2 heterocycles. The molecule has 0 fully saturated rings. The topological polar surface area (TPSA) is 56.0 Å². The highest BCUT2D eigenvalue weighted by molar-refractivity contribution is 7.87. The SMILES string of the molecule is FC(F)(c1ccc2ncccc2c1)c1nnc(S)n1N=P(c1ccccc1)(c1ccccc1)c1ccccc1. The van der Waals surface area contributed by atoms with Crippen molar-refractivity contribution in [3.63, 3.8) is 0 Å². The largest absolute Gasteiger partial charge is 0.333 e. The fourth-order valence-electron chi connectivity index (χ4n) is 4.62. The van der Waals surface area contributed by atoms with E-state index in [0.29, 0.717) is 10.9 Å². The van der Waals surface area contributed by atoms with Gasteiger partial charge < -0.3 is 0 Å². The van der Waals surface area contributed by atoms with Gasteiger partial charge in [0.25, 0.3) is 0 Å². The molecule has 6 aromatic rings. The minimum Gasteiger partial charge on any atom is -0.256 e. The standard InChI is InChI=1S/C30H22F2N5PS/c31-30(32,23-18-19-27-22(21-23)11-10-20-33-27)28-34-35-29(39)37(28)36-38(24-12-4-1-5-13-24,25-14-6-2-7-15-25)26-16-8-3-9-17-26/h1-21H,(H,35,39). The molecule has 2 aromatic heterocycles. The molecule has 0 amide bonds. The molecule has 0 unspecified atom stereocenters. The van der Waals surface area contributed by atoms with Gasteiger partial charge in [0.15, 0.2) is 0 Å². The van der Waals surface area contributed by atoms with Crippen LogP contribution in [0.25, 0.3) is 10.9 Å². The third-order valence-corrected chi connectivity index (χ3v) is 10.3. The molecule has 0 aliphatic carbocycles. The Labute approximate surface area is 229 Å². The number of halogens is 2. The molecule has 0 saturated carbocycles. The molecule has 0 N–H and O–H groups in total. The van der Waals surface area contributed by atoms with Crippen molar-refractivity contribution in [2.24, 2.45) is 4.85 Å². The molecule has 0 aliphatic rings. The van der Waals surface area contributed by atoms with Gasteiger partial charge in [-0.2, -0.15) is 18.3 Å². The Hall–Kier alpha value is -4.13. The summed E-state index contributed by atoms with van der Waals surface area (Å²) in [4.78, 5) is 9.39. The van der Waals surface area contributed by atoms with Gasteiger partial charge in [0.05, 0.1) is 12.6 Å². The highest BCUT2D eigenvalue weighted by Crippen LogP contribution is 2.48. The quantitative estimate of drug-likeness (QED) is 0.198. The zero-order valence-corrected chi connectivity index (χ0v) is 22.3. The second kappa shape index (κ2) is 10.2. The van der Waals surface area contributed by atoms with Crippen LogP contribution < -0.4 is 15.9 Å². The minimum absolute atomic E-state index is 0.0284. The van der Waals surface area contributed by atoms with Crippen molar-refractivity contribution in [2.75, 3.05) is 0 Å². The molecule has 0 radical (unpaired) electrons. The Balaban J connectivity index is 1.66. The number of hydrogen-bond acceptors (Lipinski definition) is 5. The number of alkyl halides is 2. The van der Waals surface area contributed by atoms with Gasteiger partial charge in [-0.3, -0.25) is 4.98 Å². The van der Waals surface area contributed by atoms with Gasteiger partial charge in [-0.05, 0) is 18.2 Å². The van der Waals surface area contributed by atoms with Crippen LogP contribution in [0.4, 0.5) is 8.78 Å². The Kier molecular flexibility index (Phi) is 6.59. The second-order valence-electron chi connectivity index (χ2n) is 8.85. The number of fused-ring (bicyclic) bond motifs is 1. The molecule has 0 bridgehead atoms. The Morgan fingerprint density at radius 2 is 1.26 bits per heavy atom. The van der Waals surface area contributed by atoms with E-state index in [1.807, 2.05) is 91.0 Å². The summed E-state index contributed by atoms with van der Waals surface area (Å²) in [5.41, 5.74) is 0.392. The maximum Gasteiger partial charge on any atom is 0.333 e. The summed E-state index contributed by atoms with van der Waals surface area (Å²) in [6.45, 7) is 0. The van der Waals surface area contributed by atoms with Crippen LogP contribution in [0.2, 0.25) is 0 Å². The average molecular weight is 554 g/mol. The summed E-state index contributed by atoms with van der Waals surface area (Å²) in [6, 6.07) is 37.0. The van der Waals surface area contributed by atoms with E-state index in [9.17, 15) is 0 Å². The predicted octanol–water partition coefficient (Wildman–Crippen LogP) is 6.20. The van der Waals surface area contributed by atoms with Gasteiger partial charge in [-0.25, -0.2) is 0 Å². The van der Waals surface area contributed by atoms with Gasteiger partial charge in [0, 0.05) is 33.1 Å². The van der Waals surface area contributed by atoms with E-state index in [0.717, 1.165) is 20.6 Å². The van der Waals surface area contributed by atoms with E-state index >= 15 is 8.78 Å². The molecular formula is C30H22F2N5PS. The second-order valence-corrected chi connectivity index (χ2v) is 12.3. The summed E-state index contributed by atoms with van der Waals surface area (Å²) in [5.74, 6) is -4.12. The van der Waals surface area contributed by atoms with Gasteiger partial charge in [-0.15, -0.1) is 22.8 Å². The Morgan fingerprint density at radius 1 is 0.692 bits per heavy atom. The lowest BCUT2D eigenvalue weighted by atomic mass is 10.0. The first-order chi connectivity index (χ1) is 19.0. The number of rotatable bonds is 6. The number of aromatic nitrogens is 4. The minimum atomic E-state index is -3.51.